The highest BCUT2D eigenvalue weighted by atomic mass is 35.5. The molecule has 1 aromatic carbocycles. The molecule has 0 aliphatic carbocycles. The Hall–Kier alpha value is -1.83. The van der Waals surface area contributed by atoms with E-state index in [0.717, 1.165) is 0 Å². The summed E-state index contributed by atoms with van der Waals surface area (Å²) < 4.78 is 31.8. The molecule has 0 aliphatic heterocycles. The van der Waals surface area contributed by atoms with Gasteiger partial charge in [-0.05, 0) is 23.8 Å². The van der Waals surface area contributed by atoms with E-state index in [2.05, 4.69) is 9.71 Å². The van der Waals surface area contributed by atoms with Crippen molar-refractivity contribution >= 4 is 27.3 Å². The van der Waals surface area contributed by atoms with E-state index in [1.54, 1.807) is 12.1 Å². The van der Waals surface area contributed by atoms with Gasteiger partial charge in [-0.15, -0.1) is 0 Å². The maximum atomic E-state index is 12.2. The summed E-state index contributed by atoms with van der Waals surface area (Å²) in [5.74, 6) is 0.459. The summed E-state index contributed by atoms with van der Waals surface area (Å²) >= 11 is 5.80. The van der Waals surface area contributed by atoms with E-state index in [4.69, 9.17) is 22.1 Å². The summed E-state index contributed by atoms with van der Waals surface area (Å²) in [4.78, 5) is 3.95. The number of nitrogens with one attached hydrogen (secondary N) is 1. The number of nitrogens with zero attached hydrogens (tertiary/aromatic N) is 1. The van der Waals surface area contributed by atoms with Gasteiger partial charge in [-0.25, -0.2) is 18.1 Å². The molecule has 0 fully saturated rings. The van der Waals surface area contributed by atoms with Gasteiger partial charge in [0.25, 0.3) is 0 Å². The number of hydrogen-bond acceptors (Lipinski definition) is 5. The van der Waals surface area contributed by atoms with Crippen LogP contribution in [0.5, 0.6) is 5.88 Å². The molecular weight excluding hydrogens is 314 g/mol. The second-order valence-electron chi connectivity index (χ2n) is 4.22. The molecule has 112 valence electrons. The van der Waals surface area contributed by atoms with E-state index in [-0.39, 0.29) is 17.1 Å². The molecule has 0 saturated heterocycles. The van der Waals surface area contributed by atoms with Crippen LogP contribution in [0.2, 0.25) is 5.02 Å². The Balaban J connectivity index is 2.15. The van der Waals surface area contributed by atoms with E-state index in [0.29, 0.717) is 16.5 Å². The number of anilines is 1. The van der Waals surface area contributed by atoms with Crippen LogP contribution < -0.4 is 15.2 Å². The molecule has 8 heteroatoms. The van der Waals surface area contributed by atoms with E-state index < -0.39 is 10.0 Å². The number of halogens is 1. The fourth-order valence-corrected chi connectivity index (χ4v) is 3.04. The molecule has 2 rings (SSSR count). The first kappa shape index (κ1) is 15.6. The van der Waals surface area contributed by atoms with Gasteiger partial charge in [0.1, 0.15) is 4.90 Å². The number of sulfonamides is 1. The largest absolute Gasteiger partial charge is 0.481 e. The maximum Gasteiger partial charge on any atom is 0.242 e. The van der Waals surface area contributed by atoms with E-state index in [9.17, 15) is 8.42 Å². The van der Waals surface area contributed by atoms with Crippen molar-refractivity contribution in [2.24, 2.45) is 0 Å². The average molecular weight is 328 g/mol. The van der Waals surface area contributed by atoms with Crippen LogP contribution in [0, 0.1) is 0 Å². The van der Waals surface area contributed by atoms with Gasteiger partial charge in [-0.2, -0.15) is 0 Å². The first-order valence-electron chi connectivity index (χ1n) is 5.96. The SMILES string of the molecule is COc1ccc(CNS(=O)(=O)c2cc(Cl)ccc2N)cn1. The lowest BCUT2D eigenvalue weighted by molar-refractivity contribution is 0.397. The third-order valence-corrected chi connectivity index (χ3v) is 4.43. The lowest BCUT2D eigenvalue weighted by Crippen LogP contribution is -2.24. The molecule has 0 saturated carbocycles. The highest BCUT2D eigenvalue weighted by Crippen LogP contribution is 2.22. The standard InChI is InChI=1S/C13H14ClN3O3S/c1-20-13-5-2-9(7-16-13)8-17-21(18,19)12-6-10(14)3-4-11(12)15/h2-7,17H,8,15H2,1H3. The van der Waals surface area contributed by atoms with Crippen LogP contribution in [-0.2, 0) is 16.6 Å². The van der Waals surface area contributed by atoms with Crippen LogP contribution in [-0.4, -0.2) is 20.5 Å². The number of methoxy groups -OCH3 is 1. The highest BCUT2D eigenvalue weighted by molar-refractivity contribution is 7.89. The van der Waals surface area contributed by atoms with E-state index >= 15 is 0 Å². The summed E-state index contributed by atoms with van der Waals surface area (Å²) in [6, 6.07) is 7.66. The van der Waals surface area contributed by atoms with Gasteiger partial charge < -0.3 is 10.5 Å². The third kappa shape index (κ3) is 3.84. The van der Waals surface area contributed by atoms with Crippen molar-refractivity contribution in [1.82, 2.24) is 9.71 Å². The Morgan fingerprint density at radius 2 is 2.10 bits per heavy atom. The fraction of sp³-hybridized carbons (Fsp3) is 0.154. The number of ether oxygens (including phenoxy) is 1. The van der Waals surface area contributed by atoms with Crippen molar-refractivity contribution in [1.29, 1.82) is 0 Å². The molecule has 0 unspecified atom stereocenters. The molecule has 0 spiro atoms. The van der Waals surface area contributed by atoms with E-state index in [1.165, 1.54) is 31.5 Å². The number of pyridine rings is 1. The molecule has 0 radical (unpaired) electrons. The zero-order chi connectivity index (χ0) is 15.5. The number of benzene rings is 1. The molecule has 21 heavy (non-hydrogen) atoms. The zero-order valence-electron chi connectivity index (χ0n) is 11.2. The molecule has 0 amide bonds. The lowest BCUT2D eigenvalue weighted by Gasteiger charge is -2.09. The second-order valence-corrected chi connectivity index (χ2v) is 6.39. The number of hydrogen-bond donors (Lipinski definition) is 2. The summed E-state index contributed by atoms with van der Waals surface area (Å²) in [6.45, 7) is 0.0886. The van der Waals surface area contributed by atoms with Crippen LogP contribution in [0.3, 0.4) is 0 Å². The van der Waals surface area contributed by atoms with Gasteiger partial charge >= 0.3 is 0 Å². The second kappa shape index (κ2) is 6.30. The third-order valence-electron chi connectivity index (χ3n) is 2.74. The molecule has 2 aromatic rings. The maximum absolute atomic E-state index is 12.2. The molecule has 1 heterocycles. The Labute approximate surface area is 128 Å². The monoisotopic (exact) mass is 327 g/mol. The van der Waals surface area contributed by atoms with Crippen LogP contribution in [0.1, 0.15) is 5.56 Å². The molecular formula is C13H14ClN3O3S. The Morgan fingerprint density at radius 3 is 2.71 bits per heavy atom. The van der Waals surface area contributed by atoms with Crippen LogP contribution >= 0.6 is 11.6 Å². The van der Waals surface area contributed by atoms with Gasteiger partial charge in [0, 0.05) is 23.8 Å². The minimum atomic E-state index is -3.75. The lowest BCUT2D eigenvalue weighted by atomic mass is 10.3. The zero-order valence-corrected chi connectivity index (χ0v) is 12.8. The minimum absolute atomic E-state index is 0.0449. The van der Waals surface area contributed by atoms with Crippen LogP contribution in [0.15, 0.2) is 41.4 Å². The van der Waals surface area contributed by atoms with Gasteiger partial charge in [0.2, 0.25) is 15.9 Å². The number of nitrogens with two attached hydrogens (primary N) is 1. The van der Waals surface area contributed by atoms with Crippen LogP contribution in [0.25, 0.3) is 0 Å². The summed E-state index contributed by atoms with van der Waals surface area (Å²) in [5, 5.41) is 0.302. The first-order chi connectivity index (χ1) is 9.92. The Bertz CT molecular complexity index is 733. The van der Waals surface area contributed by atoms with Crippen molar-refractivity contribution in [3.8, 4) is 5.88 Å². The molecule has 0 aliphatic rings. The van der Waals surface area contributed by atoms with Gasteiger partial charge in [0.05, 0.1) is 12.8 Å². The summed E-state index contributed by atoms with van der Waals surface area (Å²) in [7, 11) is -2.24. The number of aromatic nitrogens is 1. The molecule has 0 bridgehead atoms. The molecule has 1 aromatic heterocycles. The van der Waals surface area contributed by atoms with Crippen molar-refractivity contribution in [3.63, 3.8) is 0 Å². The van der Waals surface area contributed by atoms with Crippen molar-refractivity contribution in [2.45, 2.75) is 11.4 Å². The first-order valence-corrected chi connectivity index (χ1v) is 7.82. The van der Waals surface area contributed by atoms with Gasteiger partial charge in [-0.3, -0.25) is 0 Å². The average Bonchev–Trinajstić information content (AvgIpc) is 2.48. The van der Waals surface area contributed by atoms with Crippen molar-refractivity contribution < 1.29 is 13.2 Å². The van der Waals surface area contributed by atoms with Crippen molar-refractivity contribution in [2.75, 3.05) is 12.8 Å². The molecule has 0 atom stereocenters. The molecule has 3 N–H and O–H groups in total. The van der Waals surface area contributed by atoms with Gasteiger partial charge in [-0.1, -0.05) is 17.7 Å². The van der Waals surface area contributed by atoms with E-state index in [1.807, 2.05) is 0 Å². The van der Waals surface area contributed by atoms with Crippen molar-refractivity contribution in [3.05, 3.63) is 47.1 Å². The highest BCUT2D eigenvalue weighted by Gasteiger charge is 2.17. The summed E-state index contributed by atoms with van der Waals surface area (Å²) in [6.07, 6.45) is 1.53. The minimum Gasteiger partial charge on any atom is -0.481 e. The topological polar surface area (TPSA) is 94.3 Å². The Kier molecular flexibility index (Phi) is 4.66. The Morgan fingerprint density at radius 1 is 1.33 bits per heavy atom. The smallest absolute Gasteiger partial charge is 0.242 e. The fourth-order valence-electron chi connectivity index (χ4n) is 1.63. The quantitative estimate of drug-likeness (QED) is 0.817. The predicted molar refractivity (Wildman–Crippen MR) is 80.7 cm³/mol. The normalized spacial score (nSPS) is 11.3. The van der Waals surface area contributed by atoms with Gasteiger partial charge in [0.15, 0.2) is 0 Å². The van der Waals surface area contributed by atoms with Crippen LogP contribution in [0.4, 0.5) is 5.69 Å². The summed E-state index contributed by atoms with van der Waals surface area (Å²) in [5.41, 5.74) is 6.51. The number of nitrogen functional groups attached to an aromatic ring is 1. The predicted octanol–water partition coefficient (Wildman–Crippen LogP) is 1.80. The molecule has 6 nitrogen and oxygen atoms in total. The number of rotatable bonds is 5.